The summed E-state index contributed by atoms with van der Waals surface area (Å²) in [6.07, 6.45) is 2.73. The first kappa shape index (κ1) is 18.4. The fourth-order valence-corrected chi connectivity index (χ4v) is 5.02. The number of hydrogen-bond donors (Lipinski definition) is 0. The van der Waals surface area contributed by atoms with Crippen LogP contribution >= 0.6 is 11.6 Å². The maximum Gasteiger partial charge on any atom is 0.218 e. The highest BCUT2D eigenvalue weighted by molar-refractivity contribution is 7.88. The van der Waals surface area contributed by atoms with Crippen LogP contribution in [0.3, 0.4) is 0 Å². The fraction of sp³-hybridized carbons (Fsp3) is 0.368. The largest absolute Gasteiger partial charge is 0.218 e. The first-order chi connectivity index (χ1) is 12.0. The third-order valence-corrected chi connectivity index (χ3v) is 6.71. The van der Waals surface area contributed by atoms with Crippen LogP contribution < -0.4 is 0 Å². The lowest BCUT2D eigenvalue weighted by molar-refractivity contribution is 0.405. The van der Waals surface area contributed by atoms with E-state index in [2.05, 4.69) is 0 Å². The van der Waals surface area contributed by atoms with E-state index in [9.17, 15) is 12.8 Å². The van der Waals surface area contributed by atoms with Crippen LogP contribution in [0.1, 0.15) is 36.3 Å². The number of benzene rings is 2. The molecule has 0 saturated carbocycles. The molecule has 25 heavy (non-hydrogen) atoms. The van der Waals surface area contributed by atoms with Crippen molar-refractivity contribution >= 4 is 21.6 Å². The minimum absolute atomic E-state index is 0.134. The molecule has 1 saturated heterocycles. The Labute approximate surface area is 153 Å². The minimum atomic E-state index is -3.56. The van der Waals surface area contributed by atoms with Gasteiger partial charge in [0.15, 0.2) is 0 Å². The summed E-state index contributed by atoms with van der Waals surface area (Å²) >= 11 is 5.95. The third kappa shape index (κ3) is 4.60. The van der Waals surface area contributed by atoms with E-state index in [0.29, 0.717) is 18.1 Å². The molecule has 1 fully saturated rings. The van der Waals surface area contributed by atoms with Crippen LogP contribution in [0.25, 0.3) is 0 Å². The van der Waals surface area contributed by atoms with E-state index in [1.165, 1.54) is 16.4 Å². The molecule has 1 atom stereocenters. The van der Waals surface area contributed by atoms with E-state index < -0.39 is 15.8 Å². The summed E-state index contributed by atoms with van der Waals surface area (Å²) in [6.45, 7) is 0.916. The first-order valence-corrected chi connectivity index (χ1v) is 10.4. The molecule has 2 aromatic rings. The topological polar surface area (TPSA) is 37.4 Å². The highest BCUT2D eigenvalue weighted by atomic mass is 35.5. The third-order valence-electron chi connectivity index (χ3n) is 4.66. The van der Waals surface area contributed by atoms with Crippen LogP contribution in [-0.4, -0.2) is 25.8 Å². The van der Waals surface area contributed by atoms with Crippen molar-refractivity contribution in [2.24, 2.45) is 0 Å². The molecule has 0 bridgehead atoms. The van der Waals surface area contributed by atoms with Crippen molar-refractivity contribution in [2.75, 3.05) is 13.1 Å². The van der Waals surface area contributed by atoms with Crippen molar-refractivity contribution in [2.45, 2.75) is 30.9 Å². The maximum absolute atomic E-state index is 13.9. The van der Waals surface area contributed by atoms with Gasteiger partial charge in [-0.2, -0.15) is 0 Å². The summed E-state index contributed by atoms with van der Waals surface area (Å²) in [5.41, 5.74) is 1.31. The molecule has 0 aliphatic carbocycles. The van der Waals surface area contributed by atoms with Gasteiger partial charge < -0.3 is 0 Å². The summed E-state index contributed by atoms with van der Waals surface area (Å²) in [7, 11) is -3.56. The molecular formula is C19H21ClFNO2S. The van der Waals surface area contributed by atoms with Gasteiger partial charge in [-0.05, 0) is 42.5 Å². The number of sulfonamides is 1. The Morgan fingerprint density at radius 2 is 1.80 bits per heavy atom. The van der Waals surface area contributed by atoms with Gasteiger partial charge in [-0.25, -0.2) is 17.1 Å². The van der Waals surface area contributed by atoms with Crippen LogP contribution in [-0.2, 0) is 15.8 Å². The summed E-state index contributed by atoms with van der Waals surface area (Å²) in [6, 6.07) is 13.6. The van der Waals surface area contributed by atoms with Gasteiger partial charge >= 0.3 is 0 Å². The highest BCUT2D eigenvalue weighted by Gasteiger charge is 2.29. The molecular weight excluding hydrogens is 361 g/mol. The molecule has 3 rings (SSSR count). The molecule has 0 amide bonds. The van der Waals surface area contributed by atoms with Gasteiger partial charge in [-0.1, -0.05) is 48.4 Å². The zero-order valence-electron chi connectivity index (χ0n) is 13.9. The van der Waals surface area contributed by atoms with E-state index in [-0.39, 0.29) is 17.2 Å². The van der Waals surface area contributed by atoms with E-state index in [1.807, 2.05) is 24.3 Å². The van der Waals surface area contributed by atoms with Gasteiger partial charge in [0.1, 0.15) is 5.82 Å². The average Bonchev–Trinajstić information content (AvgIpc) is 2.84. The van der Waals surface area contributed by atoms with Gasteiger partial charge in [-0.15, -0.1) is 0 Å². The number of nitrogens with zero attached hydrogens (tertiary/aromatic N) is 1. The standard InChI is InChI=1S/C19H21ClFNO2S/c20-18-10-8-15(9-11-18)16-5-3-4-12-22(13-16)25(23,24)14-17-6-1-2-7-19(17)21/h1-2,6-11,16H,3-5,12-14H2. The second kappa shape index (κ2) is 7.85. The van der Waals surface area contributed by atoms with Gasteiger partial charge in [0, 0.05) is 23.7 Å². The SMILES string of the molecule is O=S(=O)(Cc1ccccc1F)N1CCCCC(c2ccc(Cl)cc2)C1. The Morgan fingerprint density at radius 3 is 2.52 bits per heavy atom. The lowest BCUT2D eigenvalue weighted by Crippen LogP contribution is -2.35. The Morgan fingerprint density at radius 1 is 1.08 bits per heavy atom. The maximum atomic E-state index is 13.9. The second-order valence-corrected chi connectivity index (χ2v) is 8.86. The Bertz CT molecular complexity index is 824. The molecule has 2 aromatic carbocycles. The van der Waals surface area contributed by atoms with Crippen LogP contribution in [0, 0.1) is 5.82 Å². The van der Waals surface area contributed by atoms with Crippen LogP contribution in [0.15, 0.2) is 48.5 Å². The van der Waals surface area contributed by atoms with Crippen molar-refractivity contribution in [3.05, 3.63) is 70.5 Å². The highest BCUT2D eigenvalue weighted by Crippen LogP contribution is 2.29. The number of rotatable bonds is 4. The summed E-state index contributed by atoms with van der Waals surface area (Å²) in [4.78, 5) is 0. The van der Waals surface area contributed by atoms with Crippen molar-refractivity contribution < 1.29 is 12.8 Å². The Balaban J connectivity index is 1.80. The summed E-state index contributed by atoms with van der Waals surface area (Å²) in [5.74, 6) is -0.641. The van der Waals surface area contributed by atoms with Crippen molar-refractivity contribution in [1.82, 2.24) is 4.31 Å². The molecule has 6 heteroatoms. The molecule has 1 unspecified atom stereocenters. The lowest BCUT2D eigenvalue weighted by atomic mass is 9.95. The summed E-state index contributed by atoms with van der Waals surface area (Å²) in [5, 5.41) is 0.668. The second-order valence-electron chi connectivity index (χ2n) is 6.45. The van der Waals surface area contributed by atoms with E-state index in [1.54, 1.807) is 12.1 Å². The van der Waals surface area contributed by atoms with E-state index in [4.69, 9.17) is 11.6 Å². The molecule has 0 aromatic heterocycles. The first-order valence-electron chi connectivity index (χ1n) is 8.42. The van der Waals surface area contributed by atoms with E-state index >= 15 is 0 Å². The van der Waals surface area contributed by atoms with Crippen molar-refractivity contribution in [3.8, 4) is 0 Å². The fourth-order valence-electron chi connectivity index (χ4n) is 3.27. The normalized spacial score (nSPS) is 19.5. The minimum Gasteiger partial charge on any atom is -0.212 e. The molecule has 0 spiro atoms. The van der Waals surface area contributed by atoms with Gasteiger partial charge in [-0.3, -0.25) is 0 Å². The quantitative estimate of drug-likeness (QED) is 0.777. The average molecular weight is 382 g/mol. The van der Waals surface area contributed by atoms with Gasteiger partial charge in [0.2, 0.25) is 10.0 Å². The molecule has 1 heterocycles. The monoisotopic (exact) mass is 381 g/mol. The zero-order valence-corrected chi connectivity index (χ0v) is 15.4. The zero-order chi connectivity index (χ0) is 17.9. The van der Waals surface area contributed by atoms with Gasteiger partial charge in [0.25, 0.3) is 0 Å². The van der Waals surface area contributed by atoms with E-state index in [0.717, 1.165) is 24.8 Å². The Hall–Kier alpha value is -1.43. The van der Waals surface area contributed by atoms with Gasteiger partial charge in [0.05, 0.1) is 5.75 Å². The van der Waals surface area contributed by atoms with Crippen LogP contribution in [0.4, 0.5) is 4.39 Å². The van der Waals surface area contributed by atoms with Crippen molar-refractivity contribution in [1.29, 1.82) is 0 Å². The molecule has 0 radical (unpaired) electrons. The van der Waals surface area contributed by atoms with Crippen LogP contribution in [0.5, 0.6) is 0 Å². The predicted octanol–water partition coefficient (Wildman–Crippen LogP) is 4.58. The number of halogens is 2. The van der Waals surface area contributed by atoms with Crippen LogP contribution in [0.2, 0.25) is 5.02 Å². The predicted molar refractivity (Wildman–Crippen MR) is 98.6 cm³/mol. The molecule has 3 nitrogen and oxygen atoms in total. The Kier molecular flexibility index (Phi) is 5.77. The molecule has 1 aliphatic rings. The lowest BCUT2D eigenvalue weighted by Gasteiger charge is -2.24. The molecule has 1 aliphatic heterocycles. The van der Waals surface area contributed by atoms with Crippen molar-refractivity contribution in [3.63, 3.8) is 0 Å². The number of hydrogen-bond acceptors (Lipinski definition) is 2. The molecule has 134 valence electrons. The smallest absolute Gasteiger partial charge is 0.212 e. The summed E-state index contributed by atoms with van der Waals surface area (Å²) < 4.78 is 41.0. The molecule has 0 N–H and O–H groups in total.